The van der Waals surface area contributed by atoms with Crippen LogP contribution in [0, 0.1) is 0 Å². The van der Waals surface area contributed by atoms with Gasteiger partial charge in [0, 0.05) is 41.4 Å². The maximum Gasteiger partial charge on any atom is 0.258 e. The van der Waals surface area contributed by atoms with E-state index < -0.39 is 0 Å². The summed E-state index contributed by atoms with van der Waals surface area (Å²) in [7, 11) is 0. The summed E-state index contributed by atoms with van der Waals surface area (Å²) in [5, 5.41) is 5.16. The van der Waals surface area contributed by atoms with Gasteiger partial charge < -0.3 is 14.2 Å². The summed E-state index contributed by atoms with van der Waals surface area (Å²) in [6, 6.07) is 12.2. The van der Waals surface area contributed by atoms with E-state index in [9.17, 15) is 0 Å². The van der Waals surface area contributed by atoms with Gasteiger partial charge in [-0.05, 0) is 42.7 Å². The maximum atomic E-state index is 5.62. The molecule has 1 saturated heterocycles. The van der Waals surface area contributed by atoms with Crippen LogP contribution in [0.1, 0.15) is 24.3 Å². The van der Waals surface area contributed by atoms with Crippen LogP contribution in [0.5, 0.6) is 0 Å². The zero-order chi connectivity index (χ0) is 17.3. The molecule has 3 aromatic heterocycles. The Morgan fingerprint density at radius 1 is 1.15 bits per heavy atom. The largest absolute Gasteiger partial charge is 0.381 e. The molecule has 1 atom stereocenters. The molecule has 4 heterocycles. The van der Waals surface area contributed by atoms with Gasteiger partial charge in [0.25, 0.3) is 5.89 Å². The van der Waals surface area contributed by atoms with Crippen molar-refractivity contribution in [3.63, 3.8) is 0 Å². The number of hydrogen-bond donors (Lipinski definition) is 1. The summed E-state index contributed by atoms with van der Waals surface area (Å²) >= 11 is 0. The van der Waals surface area contributed by atoms with E-state index in [1.165, 1.54) is 5.56 Å². The first-order valence-corrected chi connectivity index (χ1v) is 8.83. The van der Waals surface area contributed by atoms with Gasteiger partial charge >= 0.3 is 0 Å². The first-order valence-electron chi connectivity index (χ1n) is 8.83. The molecule has 1 fully saturated rings. The predicted octanol–water partition coefficient (Wildman–Crippen LogP) is 4.17. The van der Waals surface area contributed by atoms with Gasteiger partial charge in [0.15, 0.2) is 0 Å². The lowest BCUT2D eigenvalue weighted by Gasteiger charge is -2.22. The van der Waals surface area contributed by atoms with Crippen LogP contribution in [0.4, 0.5) is 0 Å². The van der Waals surface area contributed by atoms with E-state index in [0.29, 0.717) is 17.6 Å². The van der Waals surface area contributed by atoms with Crippen molar-refractivity contribution in [2.24, 2.45) is 0 Å². The highest BCUT2D eigenvalue weighted by Gasteiger charge is 2.18. The Balaban J connectivity index is 1.49. The summed E-state index contributed by atoms with van der Waals surface area (Å²) < 4.78 is 11.2. The molecule has 5 rings (SSSR count). The molecule has 130 valence electrons. The van der Waals surface area contributed by atoms with E-state index in [1.54, 1.807) is 6.20 Å². The molecule has 1 N–H and O–H groups in total. The Bertz CT molecular complexity index is 1050. The summed E-state index contributed by atoms with van der Waals surface area (Å²) in [6.07, 6.45) is 5.86. The number of aromatic nitrogens is 4. The van der Waals surface area contributed by atoms with Crippen molar-refractivity contribution in [2.75, 3.05) is 13.2 Å². The summed E-state index contributed by atoms with van der Waals surface area (Å²) in [5.74, 6) is 1.53. The van der Waals surface area contributed by atoms with E-state index >= 15 is 0 Å². The fourth-order valence-electron chi connectivity index (χ4n) is 3.54. The van der Waals surface area contributed by atoms with Crippen LogP contribution in [-0.2, 0) is 4.74 Å². The number of benzene rings is 1. The third-order valence-electron chi connectivity index (χ3n) is 4.89. The Kier molecular flexibility index (Phi) is 3.75. The summed E-state index contributed by atoms with van der Waals surface area (Å²) in [5.41, 5.74) is 3.92. The van der Waals surface area contributed by atoms with Gasteiger partial charge in [0.2, 0.25) is 5.82 Å². The number of rotatable bonds is 3. The van der Waals surface area contributed by atoms with Gasteiger partial charge in [-0.25, -0.2) is 4.98 Å². The fourth-order valence-corrected chi connectivity index (χ4v) is 3.54. The molecule has 26 heavy (non-hydrogen) atoms. The van der Waals surface area contributed by atoms with E-state index in [1.807, 2.05) is 30.5 Å². The number of hydrogen-bond acceptors (Lipinski definition) is 5. The zero-order valence-electron chi connectivity index (χ0n) is 14.2. The molecule has 0 aliphatic carbocycles. The van der Waals surface area contributed by atoms with E-state index in [-0.39, 0.29) is 0 Å². The fraction of sp³-hybridized carbons (Fsp3) is 0.250. The van der Waals surface area contributed by atoms with Crippen molar-refractivity contribution in [1.29, 1.82) is 0 Å². The summed E-state index contributed by atoms with van der Waals surface area (Å²) in [4.78, 5) is 12.0. The molecular formula is C20H18N4O2. The standard InChI is InChI=1S/C20H18N4O2/c1-3-13(15-5-2-10-25-12-15)11-14(4-1)20-23-19(24-26-20)17-7-9-22-18-16(17)6-8-21-18/h1,3-4,6-9,11,15H,2,5,10,12H2,(H,21,22). The lowest BCUT2D eigenvalue weighted by molar-refractivity contribution is 0.0804. The molecular weight excluding hydrogens is 328 g/mol. The minimum absolute atomic E-state index is 0.436. The monoisotopic (exact) mass is 346 g/mol. The van der Waals surface area contributed by atoms with E-state index in [4.69, 9.17) is 9.26 Å². The highest BCUT2D eigenvalue weighted by molar-refractivity contribution is 5.90. The average molecular weight is 346 g/mol. The minimum atomic E-state index is 0.436. The zero-order valence-corrected chi connectivity index (χ0v) is 14.2. The lowest BCUT2D eigenvalue weighted by Crippen LogP contribution is -2.15. The topological polar surface area (TPSA) is 76.8 Å². The Morgan fingerprint density at radius 2 is 2.15 bits per heavy atom. The van der Waals surface area contributed by atoms with Crippen molar-refractivity contribution >= 4 is 11.0 Å². The minimum Gasteiger partial charge on any atom is -0.381 e. The highest BCUT2D eigenvalue weighted by Crippen LogP contribution is 2.30. The number of nitrogens with zero attached hydrogens (tertiary/aromatic N) is 3. The van der Waals surface area contributed by atoms with Crippen LogP contribution in [0.15, 0.2) is 53.3 Å². The predicted molar refractivity (Wildman–Crippen MR) is 97.6 cm³/mol. The van der Waals surface area contributed by atoms with Crippen LogP contribution < -0.4 is 0 Å². The normalized spacial score (nSPS) is 17.6. The maximum absolute atomic E-state index is 5.62. The number of ether oxygens (including phenoxy) is 1. The molecule has 1 aromatic carbocycles. The van der Waals surface area contributed by atoms with Gasteiger partial charge in [0.05, 0.1) is 6.61 Å². The Labute approximate surface area is 150 Å². The first kappa shape index (κ1) is 15.3. The van der Waals surface area contributed by atoms with Gasteiger partial charge in [-0.2, -0.15) is 4.98 Å². The molecule has 0 saturated carbocycles. The number of pyridine rings is 1. The Morgan fingerprint density at radius 3 is 3.08 bits per heavy atom. The average Bonchev–Trinajstić information content (AvgIpc) is 3.38. The van der Waals surface area contributed by atoms with Gasteiger partial charge in [-0.15, -0.1) is 0 Å². The second kappa shape index (κ2) is 6.38. The summed E-state index contributed by atoms with van der Waals surface area (Å²) in [6.45, 7) is 1.64. The molecule has 4 aromatic rings. The molecule has 0 amide bonds. The lowest BCUT2D eigenvalue weighted by atomic mass is 9.92. The smallest absolute Gasteiger partial charge is 0.258 e. The molecule has 6 nitrogen and oxygen atoms in total. The van der Waals surface area contributed by atoms with Crippen LogP contribution >= 0.6 is 0 Å². The van der Waals surface area contributed by atoms with Crippen molar-refractivity contribution in [3.05, 3.63) is 54.4 Å². The third-order valence-corrected chi connectivity index (χ3v) is 4.89. The number of fused-ring (bicyclic) bond motifs is 1. The molecule has 1 aliphatic heterocycles. The number of aromatic amines is 1. The van der Waals surface area contributed by atoms with E-state index in [0.717, 1.165) is 48.2 Å². The van der Waals surface area contributed by atoms with Gasteiger partial charge in [-0.1, -0.05) is 17.3 Å². The third kappa shape index (κ3) is 2.68. The first-order chi connectivity index (χ1) is 12.9. The van der Waals surface area contributed by atoms with Gasteiger partial charge in [-0.3, -0.25) is 0 Å². The van der Waals surface area contributed by atoms with Crippen molar-refractivity contribution in [1.82, 2.24) is 20.1 Å². The second-order valence-electron chi connectivity index (χ2n) is 6.56. The van der Waals surface area contributed by atoms with Crippen molar-refractivity contribution in [3.8, 4) is 22.8 Å². The number of H-pyrrole nitrogens is 1. The van der Waals surface area contributed by atoms with Crippen LogP contribution in [0.2, 0.25) is 0 Å². The Hall–Kier alpha value is -2.99. The van der Waals surface area contributed by atoms with Crippen LogP contribution in [0.3, 0.4) is 0 Å². The van der Waals surface area contributed by atoms with E-state index in [2.05, 4.69) is 32.2 Å². The van der Waals surface area contributed by atoms with Crippen molar-refractivity contribution in [2.45, 2.75) is 18.8 Å². The SMILES string of the molecule is c1cc(-c2nc(-c3ccnc4[nH]ccc34)no2)cc(C2CCCOC2)c1. The van der Waals surface area contributed by atoms with Crippen LogP contribution in [0.25, 0.3) is 33.9 Å². The molecule has 0 radical (unpaired) electrons. The molecule has 0 spiro atoms. The van der Waals surface area contributed by atoms with Crippen molar-refractivity contribution < 1.29 is 9.26 Å². The molecule has 1 unspecified atom stereocenters. The quantitative estimate of drug-likeness (QED) is 0.602. The molecule has 1 aliphatic rings. The molecule has 6 heteroatoms. The molecule has 0 bridgehead atoms. The van der Waals surface area contributed by atoms with Crippen LogP contribution in [-0.4, -0.2) is 33.3 Å². The van der Waals surface area contributed by atoms with Gasteiger partial charge in [0.1, 0.15) is 5.65 Å². The number of nitrogens with one attached hydrogen (secondary N) is 1. The highest BCUT2D eigenvalue weighted by atomic mass is 16.5. The second-order valence-corrected chi connectivity index (χ2v) is 6.56.